The average molecular weight is 415 g/mol. The van der Waals surface area contributed by atoms with Crippen LogP contribution in [0.15, 0.2) is 4.99 Å². The Morgan fingerprint density at radius 1 is 1.30 bits per heavy atom. The van der Waals surface area contributed by atoms with Gasteiger partial charge >= 0.3 is 0 Å². The van der Waals surface area contributed by atoms with Crippen molar-refractivity contribution in [2.24, 2.45) is 10.7 Å². The second-order valence-corrected chi connectivity index (χ2v) is 6.53. The molecule has 1 saturated heterocycles. The molecule has 1 heterocycles. The van der Waals surface area contributed by atoms with E-state index in [1.165, 1.54) is 32.1 Å². The maximum atomic E-state index is 10.1. The minimum Gasteiger partial charge on any atom is -0.387 e. The summed E-state index contributed by atoms with van der Waals surface area (Å²) in [5.41, 5.74) is 5.17. The summed E-state index contributed by atoms with van der Waals surface area (Å²) in [6.45, 7) is 3.54. The van der Waals surface area contributed by atoms with Crippen molar-refractivity contribution in [1.82, 2.24) is 5.32 Å². The zero-order valence-corrected chi connectivity index (χ0v) is 15.7. The molecule has 0 amide bonds. The molecule has 1 unspecified atom stereocenters. The third-order valence-corrected chi connectivity index (χ3v) is 4.70. The molecule has 1 rings (SSSR count). The van der Waals surface area contributed by atoms with E-state index in [9.17, 15) is 5.11 Å². The van der Waals surface area contributed by atoms with Crippen molar-refractivity contribution in [1.29, 1.82) is 0 Å². The van der Waals surface area contributed by atoms with E-state index < -0.39 is 5.60 Å². The van der Waals surface area contributed by atoms with Crippen molar-refractivity contribution in [3.8, 4) is 0 Å². The molecular formula is C14H30IN3OS. The van der Waals surface area contributed by atoms with Crippen molar-refractivity contribution in [3.63, 3.8) is 0 Å². The molecule has 20 heavy (non-hydrogen) atoms. The smallest absolute Gasteiger partial charge is 0.188 e. The number of rotatable bonds is 9. The highest BCUT2D eigenvalue weighted by Gasteiger charge is 2.31. The predicted octanol–water partition coefficient (Wildman–Crippen LogP) is 2.74. The van der Waals surface area contributed by atoms with Crippen LogP contribution in [0.5, 0.6) is 0 Å². The molecule has 0 saturated carbocycles. The Morgan fingerprint density at radius 2 is 2.00 bits per heavy atom. The molecule has 4 N–H and O–H groups in total. The fourth-order valence-electron chi connectivity index (χ4n) is 2.13. The van der Waals surface area contributed by atoms with Gasteiger partial charge in [-0.05, 0) is 18.6 Å². The number of thioether (sulfide) groups is 1. The number of hydrogen-bond acceptors (Lipinski definition) is 3. The molecule has 0 bridgehead atoms. The van der Waals surface area contributed by atoms with Gasteiger partial charge in [-0.15, -0.1) is 24.0 Å². The molecule has 1 atom stereocenters. The zero-order chi connectivity index (χ0) is 14.0. The van der Waals surface area contributed by atoms with Gasteiger partial charge in [0.05, 0.1) is 12.1 Å². The lowest BCUT2D eigenvalue weighted by Crippen LogP contribution is -2.37. The molecule has 6 heteroatoms. The van der Waals surface area contributed by atoms with E-state index in [0.717, 1.165) is 30.9 Å². The highest BCUT2D eigenvalue weighted by atomic mass is 127. The number of guanidine groups is 1. The number of unbranched alkanes of at least 4 members (excludes halogenated alkanes) is 5. The minimum absolute atomic E-state index is 0. The molecule has 120 valence electrons. The Labute approximate surface area is 144 Å². The van der Waals surface area contributed by atoms with Crippen molar-refractivity contribution in [2.75, 3.05) is 24.6 Å². The molecule has 4 nitrogen and oxygen atoms in total. The van der Waals surface area contributed by atoms with Gasteiger partial charge in [0.1, 0.15) is 0 Å². The Bertz CT molecular complexity index is 271. The number of halogens is 1. The van der Waals surface area contributed by atoms with Gasteiger partial charge in [-0.25, -0.2) is 0 Å². The third kappa shape index (κ3) is 9.28. The van der Waals surface area contributed by atoms with Crippen LogP contribution in [0.2, 0.25) is 0 Å². The van der Waals surface area contributed by atoms with Gasteiger partial charge in [0.25, 0.3) is 0 Å². The highest BCUT2D eigenvalue weighted by molar-refractivity contribution is 14.0. The molecule has 0 radical (unpaired) electrons. The summed E-state index contributed by atoms with van der Waals surface area (Å²) >= 11 is 1.78. The Hall–Kier alpha value is 0.310. The van der Waals surface area contributed by atoms with E-state index in [4.69, 9.17) is 5.73 Å². The second-order valence-electron chi connectivity index (χ2n) is 5.42. The fraction of sp³-hybridized carbons (Fsp3) is 0.929. The first-order valence-corrected chi connectivity index (χ1v) is 8.66. The molecule has 0 aromatic rings. The fourth-order valence-corrected chi connectivity index (χ4v) is 3.42. The van der Waals surface area contributed by atoms with Gasteiger partial charge in [0.15, 0.2) is 5.96 Å². The third-order valence-electron chi connectivity index (χ3n) is 3.46. The molecule has 0 aromatic carbocycles. The molecule has 1 fully saturated rings. The maximum absolute atomic E-state index is 10.1. The summed E-state index contributed by atoms with van der Waals surface area (Å²) in [6.07, 6.45) is 8.49. The van der Waals surface area contributed by atoms with Crippen molar-refractivity contribution < 1.29 is 5.11 Å². The maximum Gasteiger partial charge on any atom is 0.188 e. The zero-order valence-electron chi connectivity index (χ0n) is 12.6. The van der Waals surface area contributed by atoms with Gasteiger partial charge < -0.3 is 16.2 Å². The molecule has 0 aromatic heterocycles. The van der Waals surface area contributed by atoms with Crippen molar-refractivity contribution in [2.45, 2.75) is 57.5 Å². The number of nitrogens with zero attached hydrogens (tertiary/aromatic N) is 1. The summed E-state index contributed by atoms with van der Waals surface area (Å²) in [4.78, 5) is 4.25. The van der Waals surface area contributed by atoms with E-state index in [1.807, 2.05) is 0 Å². The van der Waals surface area contributed by atoms with Gasteiger partial charge in [0, 0.05) is 12.3 Å². The van der Waals surface area contributed by atoms with E-state index >= 15 is 0 Å². The molecule has 1 aliphatic rings. The van der Waals surface area contributed by atoms with Crippen LogP contribution in [-0.2, 0) is 0 Å². The lowest BCUT2D eigenvalue weighted by molar-refractivity contribution is 0.0779. The second kappa shape index (κ2) is 11.9. The topological polar surface area (TPSA) is 70.6 Å². The number of nitrogens with one attached hydrogen (secondary N) is 1. The van der Waals surface area contributed by atoms with Gasteiger partial charge in [-0.3, -0.25) is 4.99 Å². The van der Waals surface area contributed by atoms with Gasteiger partial charge in [-0.2, -0.15) is 11.8 Å². The number of aliphatic imine (C=N–C) groups is 1. The number of hydrogen-bond donors (Lipinski definition) is 3. The van der Waals surface area contributed by atoms with E-state index in [2.05, 4.69) is 17.2 Å². The standard InChI is InChI=1S/C14H29N3OS.HI/c1-2-3-4-5-6-7-9-16-13(15)17-11-14(18)8-10-19-12-14;/h18H,2-12H2,1H3,(H3,15,16,17);1H. The largest absolute Gasteiger partial charge is 0.387 e. The first-order valence-electron chi connectivity index (χ1n) is 7.50. The van der Waals surface area contributed by atoms with Crippen LogP contribution in [0, 0.1) is 0 Å². The highest BCUT2D eigenvalue weighted by Crippen LogP contribution is 2.27. The van der Waals surface area contributed by atoms with Crippen molar-refractivity contribution >= 4 is 41.7 Å². The van der Waals surface area contributed by atoms with Crippen molar-refractivity contribution in [3.05, 3.63) is 0 Å². The average Bonchev–Trinajstić information content (AvgIpc) is 2.83. The van der Waals surface area contributed by atoms with Crippen LogP contribution in [0.1, 0.15) is 51.9 Å². The normalized spacial score (nSPS) is 22.6. The Morgan fingerprint density at radius 3 is 2.65 bits per heavy atom. The van der Waals surface area contributed by atoms with Crippen LogP contribution >= 0.6 is 35.7 Å². The summed E-state index contributed by atoms with van der Waals surface area (Å²) in [5.74, 6) is 2.28. The van der Waals surface area contributed by atoms with Crippen LogP contribution in [-0.4, -0.2) is 41.3 Å². The lowest BCUT2D eigenvalue weighted by Gasteiger charge is -2.18. The SMILES string of the molecule is CCCCCCCCNC(N)=NCC1(O)CCSC1.I. The number of nitrogens with two attached hydrogens (primary N) is 1. The van der Waals surface area contributed by atoms with Crippen LogP contribution in [0.3, 0.4) is 0 Å². The molecule has 1 aliphatic heterocycles. The summed E-state index contributed by atoms with van der Waals surface area (Å²) < 4.78 is 0. The van der Waals surface area contributed by atoms with E-state index in [-0.39, 0.29) is 24.0 Å². The van der Waals surface area contributed by atoms with E-state index in [1.54, 1.807) is 11.8 Å². The first-order chi connectivity index (χ1) is 9.16. The summed E-state index contributed by atoms with van der Waals surface area (Å²) in [6, 6.07) is 0. The Kier molecular flexibility index (Phi) is 12.1. The number of aliphatic hydroxyl groups is 1. The monoisotopic (exact) mass is 415 g/mol. The van der Waals surface area contributed by atoms with Crippen LogP contribution in [0.25, 0.3) is 0 Å². The predicted molar refractivity (Wildman–Crippen MR) is 100 cm³/mol. The minimum atomic E-state index is -0.628. The molecule has 0 aliphatic carbocycles. The lowest BCUT2D eigenvalue weighted by atomic mass is 10.1. The summed E-state index contributed by atoms with van der Waals surface area (Å²) in [5, 5.41) is 13.2. The van der Waals surface area contributed by atoms with Crippen LogP contribution in [0.4, 0.5) is 0 Å². The van der Waals surface area contributed by atoms with Crippen LogP contribution < -0.4 is 11.1 Å². The Balaban J connectivity index is 0.00000361. The molecule has 0 spiro atoms. The van der Waals surface area contributed by atoms with E-state index in [0.29, 0.717) is 12.5 Å². The molecular weight excluding hydrogens is 385 g/mol. The van der Waals surface area contributed by atoms with Gasteiger partial charge in [-0.1, -0.05) is 39.0 Å². The summed E-state index contributed by atoms with van der Waals surface area (Å²) in [7, 11) is 0. The first kappa shape index (κ1) is 20.3. The quantitative estimate of drug-likeness (QED) is 0.234. The van der Waals surface area contributed by atoms with Gasteiger partial charge in [0.2, 0.25) is 0 Å².